The van der Waals surface area contributed by atoms with E-state index in [2.05, 4.69) is 9.64 Å². The molecule has 6 nitrogen and oxygen atoms in total. The van der Waals surface area contributed by atoms with Gasteiger partial charge in [0.05, 0.1) is 38.2 Å². The van der Waals surface area contributed by atoms with Gasteiger partial charge in [-0.3, -0.25) is 4.90 Å². The summed E-state index contributed by atoms with van der Waals surface area (Å²) in [4.78, 5) is 13.8. The molecule has 0 unspecified atom stereocenters. The predicted octanol–water partition coefficient (Wildman–Crippen LogP) is 1.16. The van der Waals surface area contributed by atoms with E-state index in [1.165, 1.54) is 7.11 Å². The quantitative estimate of drug-likeness (QED) is 0.482. The zero-order valence-corrected chi connectivity index (χ0v) is 12.3. The summed E-state index contributed by atoms with van der Waals surface area (Å²) in [6.07, 6.45) is 0.905. The van der Waals surface area contributed by atoms with E-state index in [1.54, 1.807) is 18.2 Å². The summed E-state index contributed by atoms with van der Waals surface area (Å²) >= 11 is 0. The Morgan fingerprint density at radius 2 is 2.14 bits per heavy atom. The number of nitrogen functional groups attached to an aromatic ring is 1. The highest BCUT2D eigenvalue weighted by Gasteiger charge is 2.11. The van der Waals surface area contributed by atoms with Crippen molar-refractivity contribution in [3.8, 4) is 5.75 Å². The first-order valence-corrected chi connectivity index (χ1v) is 7.11. The molecule has 0 radical (unpaired) electrons. The summed E-state index contributed by atoms with van der Waals surface area (Å²) in [5.41, 5.74) is 6.81. The molecular formula is C15H22N2O4. The number of esters is 1. The zero-order valence-electron chi connectivity index (χ0n) is 12.3. The summed E-state index contributed by atoms with van der Waals surface area (Å²) in [5.74, 6) is 0.132. The number of benzene rings is 1. The Bertz CT molecular complexity index is 473. The average Bonchev–Trinajstić information content (AvgIpc) is 2.53. The van der Waals surface area contributed by atoms with E-state index in [1.807, 2.05) is 0 Å². The Hall–Kier alpha value is -1.79. The number of nitrogens with two attached hydrogens (primary N) is 1. The molecule has 0 amide bonds. The SMILES string of the molecule is COC(=O)c1ccc(N)c(OCCCN2CCOCC2)c1. The molecule has 1 aromatic rings. The third-order valence-corrected chi connectivity index (χ3v) is 3.41. The van der Waals surface area contributed by atoms with E-state index in [-0.39, 0.29) is 0 Å². The fourth-order valence-electron chi connectivity index (χ4n) is 2.20. The van der Waals surface area contributed by atoms with Crippen molar-refractivity contribution in [2.75, 3.05) is 52.3 Å². The van der Waals surface area contributed by atoms with Gasteiger partial charge in [0, 0.05) is 19.6 Å². The van der Waals surface area contributed by atoms with Gasteiger partial charge >= 0.3 is 5.97 Å². The number of anilines is 1. The molecule has 2 N–H and O–H groups in total. The van der Waals surface area contributed by atoms with Crippen LogP contribution in [0.2, 0.25) is 0 Å². The monoisotopic (exact) mass is 294 g/mol. The molecule has 1 fully saturated rings. The highest BCUT2D eigenvalue weighted by atomic mass is 16.5. The average molecular weight is 294 g/mol. The van der Waals surface area contributed by atoms with Crippen LogP contribution >= 0.6 is 0 Å². The van der Waals surface area contributed by atoms with E-state index < -0.39 is 5.97 Å². The van der Waals surface area contributed by atoms with Gasteiger partial charge in [-0.2, -0.15) is 0 Å². The van der Waals surface area contributed by atoms with Crippen molar-refractivity contribution in [3.63, 3.8) is 0 Å². The number of carbonyl (C=O) groups is 1. The molecule has 21 heavy (non-hydrogen) atoms. The highest BCUT2D eigenvalue weighted by Crippen LogP contribution is 2.23. The second-order valence-electron chi connectivity index (χ2n) is 4.90. The minimum atomic E-state index is -0.395. The smallest absolute Gasteiger partial charge is 0.337 e. The van der Waals surface area contributed by atoms with Crippen LogP contribution in [0.5, 0.6) is 5.75 Å². The van der Waals surface area contributed by atoms with Crippen molar-refractivity contribution in [3.05, 3.63) is 23.8 Å². The van der Waals surface area contributed by atoms with Crippen LogP contribution in [0.15, 0.2) is 18.2 Å². The molecule has 0 spiro atoms. The molecule has 0 bridgehead atoms. The Balaban J connectivity index is 1.80. The molecule has 0 atom stereocenters. The lowest BCUT2D eigenvalue weighted by molar-refractivity contribution is 0.0358. The summed E-state index contributed by atoms with van der Waals surface area (Å²) in [6.45, 7) is 5.08. The maximum atomic E-state index is 11.5. The molecular weight excluding hydrogens is 272 g/mol. The Morgan fingerprint density at radius 3 is 2.86 bits per heavy atom. The van der Waals surface area contributed by atoms with Crippen LogP contribution in [0.1, 0.15) is 16.8 Å². The van der Waals surface area contributed by atoms with Gasteiger partial charge in [-0.15, -0.1) is 0 Å². The van der Waals surface area contributed by atoms with E-state index in [4.69, 9.17) is 15.2 Å². The molecule has 1 heterocycles. The van der Waals surface area contributed by atoms with Gasteiger partial charge in [0.15, 0.2) is 0 Å². The molecule has 1 saturated heterocycles. The fourth-order valence-corrected chi connectivity index (χ4v) is 2.20. The van der Waals surface area contributed by atoms with Crippen molar-refractivity contribution < 1.29 is 19.0 Å². The predicted molar refractivity (Wildman–Crippen MR) is 79.6 cm³/mol. The van der Waals surface area contributed by atoms with Crippen LogP contribution in [0.3, 0.4) is 0 Å². The summed E-state index contributed by atoms with van der Waals surface area (Å²) in [6, 6.07) is 4.90. The van der Waals surface area contributed by atoms with Gasteiger partial charge in [-0.25, -0.2) is 4.79 Å². The first-order chi connectivity index (χ1) is 10.2. The van der Waals surface area contributed by atoms with Gasteiger partial charge < -0.3 is 19.9 Å². The molecule has 0 aliphatic carbocycles. The molecule has 0 saturated carbocycles. The number of nitrogens with zero attached hydrogens (tertiary/aromatic N) is 1. The second-order valence-corrected chi connectivity index (χ2v) is 4.90. The molecule has 1 aliphatic rings. The number of ether oxygens (including phenoxy) is 3. The first kappa shape index (κ1) is 15.6. The molecule has 2 rings (SSSR count). The van der Waals surface area contributed by atoms with Crippen molar-refractivity contribution in [2.45, 2.75) is 6.42 Å². The van der Waals surface area contributed by atoms with Gasteiger partial charge in [-0.1, -0.05) is 0 Å². The van der Waals surface area contributed by atoms with Gasteiger partial charge in [0.1, 0.15) is 5.75 Å². The largest absolute Gasteiger partial charge is 0.491 e. The third-order valence-electron chi connectivity index (χ3n) is 3.41. The van der Waals surface area contributed by atoms with Crippen molar-refractivity contribution >= 4 is 11.7 Å². The maximum absolute atomic E-state index is 11.5. The normalized spacial score (nSPS) is 15.7. The maximum Gasteiger partial charge on any atom is 0.337 e. The molecule has 0 aromatic heterocycles. The van der Waals surface area contributed by atoms with Crippen LogP contribution in [0, 0.1) is 0 Å². The van der Waals surface area contributed by atoms with Crippen molar-refractivity contribution in [2.24, 2.45) is 0 Å². The summed E-state index contributed by atoms with van der Waals surface area (Å²) in [7, 11) is 1.35. The molecule has 6 heteroatoms. The summed E-state index contributed by atoms with van der Waals surface area (Å²) in [5, 5.41) is 0. The van der Waals surface area contributed by atoms with Crippen LogP contribution in [0.4, 0.5) is 5.69 Å². The number of morpholine rings is 1. The van der Waals surface area contributed by atoms with Crippen LogP contribution in [-0.4, -0.2) is 57.4 Å². The molecule has 1 aliphatic heterocycles. The van der Waals surface area contributed by atoms with E-state index >= 15 is 0 Å². The van der Waals surface area contributed by atoms with Gasteiger partial charge in [0.25, 0.3) is 0 Å². The second kappa shape index (κ2) is 7.85. The fraction of sp³-hybridized carbons (Fsp3) is 0.533. The number of rotatable bonds is 6. The lowest BCUT2D eigenvalue weighted by Crippen LogP contribution is -2.37. The van der Waals surface area contributed by atoms with Gasteiger partial charge in [-0.05, 0) is 24.6 Å². The van der Waals surface area contributed by atoms with Crippen molar-refractivity contribution in [1.82, 2.24) is 4.90 Å². The minimum absolute atomic E-state index is 0.395. The third kappa shape index (κ3) is 4.61. The van der Waals surface area contributed by atoms with E-state index in [0.29, 0.717) is 23.6 Å². The lowest BCUT2D eigenvalue weighted by Gasteiger charge is -2.26. The first-order valence-electron chi connectivity index (χ1n) is 7.11. The number of hydrogen-bond donors (Lipinski definition) is 1. The molecule has 1 aromatic carbocycles. The van der Waals surface area contributed by atoms with E-state index in [9.17, 15) is 4.79 Å². The minimum Gasteiger partial charge on any atom is -0.491 e. The van der Waals surface area contributed by atoms with Crippen LogP contribution in [-0.2, 0) is 9.47 Å². The number of methoxy groups -OCH3 is 1. The van der Waals surface area contributed by atoms with Gasteiger partial charge in [0.2, 0.25) is 0 Å². The zero-order chi connectivity index (χ0) is 15.1. The van der Waals surface area contributed by atoms with Crippen molar-refractivity contribution in [1.29, 1.82) is 0 Å². The van der Waals surface area contributed by atoms with Crippen LogP contribution in [0.25, 0.3) is 0 Å². The Kier molecular flexibility index (Phi) is 5.83. The van der Waals surface area contributed by atoms with Crippen LogP contribution < -0.4 is 10.5 Å². The summed E-state index contributed by atoms with van der Waals surface area (Å²) < 4.78 is 15.7. The standard InChI is InChI=1S/C15H22N2O4/c1-19-15(18)12-3-4-13(16)14(11-12)21-8-2-5-17-6-9-20-10-7-17/h3-4,11H,2,5-10,16H2,1H3. The Labute approximate surface area is 124 Å². The number of hydrogen-bond acceptors (Lipinski definition) is 6. The number of carbonyl (C=O) groups excluding carboxylic acids is 1. The lowest BCUT2D eigenvalue weighted by atomic mass is 10.2. The Morgan fingerprint density at radius 1 is 1.38 bits per heavy atom. The molecule has 116 valence electrons. The topological polar surface area (TPSA) is 74.0 Å². The highest BCUT2D eigenvalue weighted by molar-refractivity contribution is 5.90. The van der Waals surface area contributed by atoms with E-state index in [0.717, 1.165) is 39.3 Å².